The maximum Gasteiger partial charge on any atom is 0.230 e. The summed E-state index contributed by atoms with van der Waals surface area (Å²) in [6.45, 7) is 0. The van der Waals surface area contributed by atoms with E-state index in [1.807, 2.05) is 22.6 Å². The van der Waals surface area contributed by atoms with Gasteiger partial charge in [0.15, 0.2) is 0 Å². The zero-order valence-electron chi connectivity index (χ0n) is 6.90. The van der Waals surface area contributed by atoms with Gasteiger partial charge in [-0.25, -0.2) is 0 Å². The molecule has 3 nitrogen and oxygen atoms in total. The minimum atomic E-state index is -0.311. The van der Waals surface area contributed by atoms with Crippen molar-refractivity contribution in [1.29, 1.82) is 0 Å². The molecule has 4 heteroatoms. The Hall–Kier alpha value is -0.780. The van der Waals surface area contributed by atoms with Crippen LogP contribution in [0.15, 0.2) is 24.3 Å². The van der Waals surface area contributed by atoms with Crippen LogP contribution in [-0.4, -0.2) is 14.9 Å². The lowest BCUT2D eigenvalue weighted by Gasteiger charge is -2.04. The van der Waals surface area contributed by atoms with Gasteiger partial charge >= 0.3 is 0 Å². The van der Waals surface area contributed by atoms with Gasteiger partial charge in [-0.05, 0) is 24.1 Å². The lowest BCUT2D eigenvalue weighted by atomic mass is 10.1. The summed E-state index contributed by atoms with van der Waals surface area (Å²) in [5.74, 6) is -0.0819. The molecule has 0 spiro atoms. The van der Waals surface area contributed by atoms with Crippen LogP contribution in [0, 0.1) is 0 Å². The lowest BCUT2D eigenvalue weighted by molar-refractivity contribution is -0.117. The van der Waals surface area contributed by atoms with E-state index in [9.17, 15) is 4.79 Å². The number of phenols is 1. The number of aromatic hydroxyl groups is 1. The fourth-order valence-corrected chi connectivity index (χ4v) is 1.45. The van der Waals surface area contributed by atoms with Crippen LogP contribution in [0.2, 0.25) is 0 Å². The Kier molecular flexibility index (Phi) is 3.53. The molecule has 0 bridgehead atoms. The van der Waals surface area contributed by atoms with Crippen LogP contribution in [0.4, 0.5) is 0 Å². The van der Waals surface area contributed by atoms with Gasteiger partial charge in [0, 0.05) is 0 Å². The van der Waals surface area contributed by atoms with Gasteiger partial charge in [-0.15, -0.1) is 0 Å². The quantitative estimate of drug-likeness (QED) is 0.650. The standard InChI is InChI=1S/C9H10INO2/c10-8(9(11)13)5-6-1-3-7(12)4-2-6/h1-4,8,12H,5H2,(H2,11,13)/t8-/m0/s1. The first-order valence-corrected chi connectivity index (χ1v) is 5.05. The Morgan fingerprint density at radius 3 is 2.46 bits per heavy atom. The molecule has 1 aromatic carbocycles. The van der Waals surface area contributed by atoms with E-state index in [4.69, 9.17) is 10.8 Å². The summed E-state index contributed by atoms with van der Waals surface area (Å²) in [5.41, 5.74) is 6.11. The molecule has 0 fully saturated rings. The highest BCUT2D eigenvalue weighted by Crippen LogP contribution is 2.14. The molecule has 1 rings (SSSR count). The zero-order valence-corrected chi connectivity index (χ0v) is 9.06. The lowest BCUT2D eigenvalue weighted by Crippen LogP contribution is -2.24. The smallest absolute Gasteiger partial charge is 0.230 e. The van der Waals surface area contributed by atoms with Gasteiger partial charge in [0.25, 0.3) is 0 Å². The highest BCUT2D eigenvalue weighted by atomic mass is 127. The third kappa shape index (κ3) is 3.22. The first kappa shape index (κ1) is 10.3. The number of hydrogen-bond donors (Lipinski definition) is 2. The number of carbonyl (C=O) groups excluding carboxylic acids is 1. The second kappa shape index (κ2) is 4.45. The average molecular weight is 291 g/mol. The molecule has 13 heavy (non-hydrogen) atoms. The molecule has 70 valence electrons. The van der Waals surface area contributed by atoms with Gasteiger partial charge in [0.2, 0.25) is 5.91 Å². The number of nitrogens with two attached hydrogens (primary N) is 1. The number of alkyl halides is 1. The van der Waals surface area contributed by atoms with E-state index in [1.54, 1.807) is 24.3 Å². The number of halogens is 1. The summed E-state index contributed by atoms with van der Waals surface area (Å²) < 4.78 is -0.192. The van der Waals surface area contributed by atoms with Crippen LogP contribution in [-0.2, 0) is 11.2 Å². The SMILES string of the molecule is NC(=O)[C@@H](I)Cc1ccc(O)cc1. The van der Waals surface area contributed by atoms with Crippen molar-refractivity contribution in [2.45, 2.75) is 10.3 Å². The minimum Gasteiger partial charge on any atom is -0.508 e. The van der Waals surface area contributed by atoms with Crippen LogP contribution in [0.3, 0.4) is 0 Å². The third-order valence-corrected chi connectivity index (χ3v) is 2.71. The second-order valence-electron chi connectivity index (χ2n) is 2.74. The Labute approximate surface area is 90.1 Å². The fraction of sp³-hybridized carbons (Fsp3) is 0.222. The van der Waals surface area contributed by atoms with Gasteiger partial charge in [-0.3, -0.25) is 4.79 Å². The largest absolute Gasteiger partial charge is 0.508 e. The summed E-state index contributed by atoms with van der Waals surface area (Å²) in [6, 6.07) is 6.76. The van der Waals surface area contributed by atoms with E-state index < -0.39 is 0 Å². The van der Waals surface area contributed by atoms with Gasteiger partial charge < -0.3 is 10.8 Å². The van der Waals surface area contributed by atoms with E-state index in [-0.39, 0.29) is 15.6 Å². The van der Waals surface area contributed by atoms with Crippen molar-refractivity contribution in [2.75, 3.05) is 0 Å². The van der Waals surface area contributed by atoms with Crippen LogP contribution in [0.1, 0.15) is 5.56 Å². The number of phenolic OH excluding ortho intramolecular Hbond substituents is 1. The minimum absolute atomic E-state index is 0.192. The molecule has 1 atom stereocenters. The van der Waals surface area contributed by atoms with Gasteiger partial charge in [-0.1, -0.05) is 34.7 Å². The Balaban J connectivity index is 2.64. The maximum absolute atomic E-state index is 10.7. The first-order chi connectivity index (χ1) is 6.09. The maximum atomic E-state index is 10.7. The Bertz CT molecular complexity index is 297. The summed E-state index contributed by atoms with van der Waals surface area (Å²) >= 11 is 2.01. The van der Waals surface area contributed by atoms with E-state index >= 15 is 0 Å². The molecule has 0 saturated heterocycles. The molecule has 0 heterocycles. The predicted octanol–water partition coefficient (Wildman–Crippen LogP) is 1.22. The number of amides is 1. The molecule has 3 N–H and O–H groups in total. The van der Waals surface area contributed by atoms with Crippen molar-refractivity contribution in [3.63, 3.8) is 0 Å². The predicted molar refractivity (Wildman–Crippen MR) is 58.8 cm³/mol. The Morgan fingerprint density at radius 1 is 1.46 bits per heavy atom. The number of hydrogen-bond acceptors (Lipinski definition) is 2. The first-order valence-electron chi connectivity index (χ1n) is 3.81. The fourth-order valence-electron chi connectivity index (χ4n) is 0.940. The summed E-state index contributed by atoms with van der Waals surface area (Å²) in [6.07, 6.45) is 0.607. The monoisotopic (exact) mass is 291 g/mol. The Morgan fingerprint density at radius 2 is 2.00 bits per heavy atom. The van der Waals surface area contributed by atoms with Crippen LogP contribution in [0.25, 0.3) is 0 Å². The van der Waals surface area contributed by atoms with Crippen molar-refractivity contribution in [1.82, 2.24) is 0 Å². The number of primary amides is 1. The molecule has 1 amide bonds. The molecule has 0 aromatic heterocycles. The van der Waals surface area contributed by atoms with Gasteiger partial charge in [0.05, 0.1) is 3.92 Å². The molecule has 0 aliphatic heterocycles. The molecule has 0 unspecified atom stereocenters. The molecule has 1 aromatic rings. The van der Waals surface area contributed by atoms with Crippen molar-refractivity contribution in [3.8, 4) is 5.75 Å². The number of benzene rings is 1. The van der Waals surface area contributed by atoms with Gasteiger partial charge in [0.1, 0.15) is 5.75 Å². The molecule has 0 aliphatic carbocycles. The van der Waals surface area contributed by atoms with E-state index in [0.717, 1.165) is 5.56 Å². The van der Waals surface area contributed by atoms with Crippen molar-refractivity contribution >= 4 is 28.5 Å². The molecule has 0 aliphatic rings. The van der Waals surface area contributed by atoms with Crippen LogP contribution >= 0.6 is 22.6 Å². The molecular formula is C9H10INO2. The number of rotatable bonds is 3. The molecule has 0 radical (unpaired) electrons. The van der Waals surface area contributed by atoms with E-state index in [1.165, 1.54) is 0 Å². The normalized spacial score (nSPS) is 12.4. The molecule has 0 saturated carbocycles. The highest BCUT2D eigenvalue weighted by molar-refractivity contribution is 14.1. The second-order valence-corrected chi connectivity index (χ2v) is 4.24. The van der Waals surface area contributed by atoms with Crippen molar-refractivity contribution < 1.29 is 9.90 Å². The topological polar surface area (TPSA) is 63.3 Å². The highest BCUT2D eigenvalue weighted by Gasteiger charge is 2.10. The summed E-state index contributed by atoms with van der Waals surface area (Å²) in [7, 11) is 0. The van der Waals surface area contributed by atoms with E-state index in [0.29, 0.717) is 6.42 Å². The van der Waals surface area contributed by atoms with Crippen molar-refractivity contribution in [2.24, 2.45) is 5.73 Å². The van der Waals surface area contributed by atoms with Gasteiger partial charge in [-0.2, -0.15) is 0 Å². The van der Waals surface area contributed by atoms with Crippen LogP contribution < -0.4 is 5.73 Å². The third-order valence-electron chi connectivity index (χ3n) is 1.66. The number of carbonyl (C=O) groups is 1. The summed E-state index contributed by atoms with van der Waals surface area (Å²) in [4.78, 5) is 10.7. The van der Waals surface area contributed by atoms with Crippen LogP contribution in [0.5, 0.6) is 5.75 Å². The zero-order chi connectivity index (χ0) is 9.84. The molecular weight excluding hydrogens is 281 g/mol. The average Bonchev–Trinajstić information content (AvgIpc) is 2.08. The van der Waals surface area contributed by atoms with E-state index in [2.05, 4.69) is 0 Å². The summed E-state index contributed by atoms with van der Waals surface area (Å²) in [5, 5.41) is 9.01. The van der Waals surface area contributed by atoms with Crippen molar-refractivity contribution in [3.05, 3.63) is 29.8 Å².